The van der Waals surface area contributed by atoms with Crippen LogP contribution >= 0.6 is 0 Å². The Morgan fingerprint density at radius 3 is 3.44 bits per heavy atom. The molecule has 0 amide bonds. The van der Waals surface area contributed by atoms with Crippen molar-refractivity contribution in [3.63, 3.8) is 0 Å². The van der Waals surface area contributed by atoms with Gasteiger partial charge in [-0.3, -0.25) is 9.98 Å². The van der Waals surface area contributed by atoms with E-state index in [-0.39, 0.29) is 0 Å². The van der Waals surface area contributed by atoms with Crippen molar-refractivity contribution in [1.82, 2.24) is 0 Å². The Labute approximate surface area is 54.7 Å². The molecule has 0 aromatic carbocycles. The van der Waals surface area contributed by atoms with Gasteiger partial charge < -0.3 is 0 Å². The van der Waals surface area contributed by atoms with Crippen LogP contribution in [0.25, 0.3) is 0 Å². The van der Waals surface area contributed by atoms with E-state index in [1.807, 2.05) is 6.21 Å². The van der Waals surface area contributed by atoms with Gasteiger partial charge in [0.25, 0.3) is 0 Å². The number of hydrogen-bond donors (Lipinski definition) is 0. The Morgan fingerprint density at radius 2 is 2.56 bits per heavy atom. The van der Waals surface area contributed by atoms with E-state index >= 15 is 0 Å². The number of nitrogens with zero attached hydrogens (tertiary/aromatic N) is 2. The molecule has 0 aromatic heterocycles. The van der Waals surface area contributed by atoms with Crippen LogP contribution in [0.15, 0.2) is 9.98 Å². The Hall–Kier alpha value is -0.660. The number of hydrogen-bond acceptors (Lipinski definition) is 2. The Balaban J connectivity index is 2.20. The average Bonchev–Trinajstić information content (AvgIpc) is 2.33. The summed E-state index contributed by atoms with van der Waals surface area (Å²) in [6, 6.07) is 0. The van der Waals surface area contributed by atoms with Gasteiger partial charge in [-0.05, 0) is 6.42 Å². The van der Waals surface area contributed by atoms with E-state index < -0.39 is 0 Å². The van der Waals surface area contributed by atoms with Crippen LogP contribution in [0.5, 0.6) is 0 Å². The fourth-order valence-electron chi connectivity index (χ4n) is 1.45. The summed E-state index contributed by atoms with van der Waals surface area (Å²) in [5.41, 5.74) is 1.39. The van der Waals surface area contributed by atoms with Gasteiger partial charge in [-0.2, -0.15) is 0 Å². The molecule has 2 aliphatic rings. The average molecular weight is 122 g/mol. The maximum absolute atomic E-state index is 4.38. The van der Waals surface area contributed by atoms with E-state index in [4.69, 9.17) is 0 Å². The molecule has 0 fully saturated rings. The Morgan fingerprint density at radius 1 is 1.56 bits per heavy atom. The van der Waals surface area contributed by atoms with Crippen molar-refractivity contribution in [3.8, 4) is 0 Å². The van der Waals surface area contributed by atoms with Gasteiger partial charge in [0.15, 0.2) is 0 Å². The number of fused-ring (bicyclic) bond motifs is 1. The molecular weight excluding hydrogens is 112 g/mol. The van der Waals surface area contributed by atoms with Crippen molar-refractivity contribution < 1.29 is 0 Å². The van der Waals surface area contributed by atoms with Crippen molar-refractivity contribution in [3.05, 3.63) is 0 Å². The first-order valence-corrected chi connectivity index (χ1v) is 3.48. The third kappa shape index (κ3) is 0.784. The zero-order valence-electron chi connectivity index (χ0n) is 5.38. The first kappa shape index (κ1) is 5.15. The zero-order valence-corrected chi connectivity index (χ0v) is 5.38. The molecule has 2 aliphatic heterocycles. The second-order valence-corrected chi connectivity index (χ2v) is 2.61. The summed E-state index contributed by atoms with van der Waals surface area (Å²) in [6.07, 6.45) is 4.25. The second kappa shape index (κ2) is 1.94. The number of aliphatic imine (C=N–C) groups is 2. The van der Waals surface area contributed by atoms with Crippen LogP contribution in [-0.4, -0.2) is 25.0 Å². The standard InChI is InChI=1S/C7H10N2/c1-4-9-7-2-3-8-5-6(1)7/h3,6H,1-2,4-5H2. The smallest absolute Gasteiger partial charge is 0.0466 e. The molecule has 0 saturated carbocycles. The van der Waals surface area contributed by atoms with E-state index in [1.54, 1.807) is 0 Å². The second-order valence-electron chi connectivity index (χ2n) is 2.61. The van der Waals surface area contributed by atoms with Gasteiger partial charge in [0.1, 0.15) is 0 Å². The molecule has 2 heteroatoms. The van der Waals surface area contributed by atoms with Gasteiger partial charge >= 0.3 is 0 Å². The van der Waals surface area contributed by atoms with Gasteiger partial charge in [0, 0.05) is 37.4 Å². The van der Waals surface area contributed by atoms with Crippen molar-refractivity contribution in [1.29, 1.82) is 0 Å². The first-order chi connectivity index (χ1) is 4.47. The van der Waals surface area contributed by atoms with Crippen LogP contribution in [-0.2, 0) is 0 Å². The summed E-state index contributed by atoms with van der Waals surface area (Å²) in [7, 11) is 0. The third-order valence-electron chi connectivity index (χ3n) is 2.02. The maximum Gasteiger partial charge on any atom is 0.0466 e. The van der Waals surface area contributed by atoms with Crippen LogP contribution in [0.4, 0.5) is 0 Å². The Kier molecular flexibility index (Phi) is 1.11. The van der Waals surface area contributed by atoms with Gasteiger partial charge in [-0.1, -0.05) is 0 Å². The van der Waals surface area contributed by atoms with Crippen molar-refractivity contribution in [2.24, 2.45) is 15.9 Å². The normalized spacial score (nSPS) is 32.0. The van der Waals surface area contributed by atoms with Crippen LogP contribution in [0.1, 0.15) is 12.8 Å². The highest BCUT2D eigenvalue weighted by Crippen LogP contribution is 2.18. The fourth-order valence-corrected chi connectivity index (χ4v) is 1.45. The molecule has 2 rings (SSSR count). The lowest BCUT2D eigenvalue weighted by Crippen LogP contribution is -2.17. The molecule has 0 saturated heterocycles. The van der Waals surface area contributed by atoms with Gasteiger partial charge in [-0.15, -0.1) is 0 Å². The summed E-state index contributed by atoms with van der Waals surface area (Å²) in [5, 5.41) is 0. The molecule has 0 bridgehead atoms. The molecule has 1 unspecified atom stereocenters. The summed E-state index contributed by atoms with van der Waals surface area (Å²) < 4.78 is 0. The molecule has 9 heavy (non-hydrogen) atoms. The molecule has 0 spiro atoms. The largest absolute Gasteiger partial charge is 0.296 e. The molecule has 48 valence electrons. The summed E-state index contributed by atoms with van der Waals surface area (Å²) in [5.74, 6) is 0.718. The predicted octanol–water partition coefficient (Wildman–Crippen LogP) is 0.922. The minimum atomic E-state index is 0.718. The summed E-state index contributed by atoms with van der Waals surface area (Å²) >= 11 is 0. The van der Waals surface area contributed by atoms with Crippen molar-refractivity contribution in [2.75, 3.05) is 13.1 Å². The van der Waals surface area contributed by atoms with E-state index in [1.165, 1.54) is 12.1 Å². The SMILES string of the molecule is C1=NCC2CCN=C2C1. The predicted molar refractivity (Wildman–Crippen MR) is 38.4 cm³/mol. The van der Waals surface area contributed by atoms with E-state index in [9.17, 15) is 0 Å². The van der Waals surface area contributed by atoms with Crippen molar-refractivity contribution in [2.45, 2.75) is 12.8 Å². The fraction of sp³-hybridized carbons (Fsp3) is 0.714. The quantitative estimate of drug-likeness (QED) is 0.456. The minimum absolute atomic E-state index is 0.718. The third-order valence-corrected chi connectivity index (χ3v) is 2.02. The van der Waals surface area contributed by atoms with Crippen molar-refractivity contribution >= 4 is 11.9 Å². The molecule has 1 atom stereocenters. The highest BCUT2D eigenvalue weighted by molar-refractivity contribution is 5.99. The van der Waals surface area contributed by atoms with Gasteiger partial charge in [0.05, 0.1) is 0 Å². The number of rotatable bonds is 0. The topological polar surface area (TPSA) is 24.7 Å². The lowest BCUT2D eigenvalue weighted by atomic mass is 9.99. The minimum Gasteiger partial charge on any atom is -0.296 e. The maximum atomic E-state index is 4.38. The van der Waals surface area contributed by atoms with E-state index in [0.717, 1.165) is 25.4 Å². The zero-order chi connectivity index (χ0) is 6.10. The lowest BCUT2D eigenvalue weighted by Gasteiger charge is -2.11. The summed E-state index contributed by atoms with van der Waals surface area (Å²) in [6.45, 7) is 2.04. The molecule has 0 N–H and O–H groups in total. The van der Waals surface area contributed by atoms with Crippen LogP contribution in [0.2, 0.25) is 0 Å². The van der Waals surface area contributed by atoms with E-state index in [0.29, 0.717) is 0 Å². The highest BCUT2D eigenvalue weighted by Gasteiger charge is 2.21. The molecule has 0 aromatic rings. The molecule has 2 heterocycles. The Bertz CT molecular complexity index is 170. The van der Waals surface area contributed by atoms with Crippen LogP contribution in [0.3, 0.4) is 0 Å². The van der Waals surface area contributed by atoms with Crippen LogP contribution < -0.4 is 0 Å². The molecule has 2 nitrogen and oxygen atoms in total. The van der Waals surface area contributed by atoms with Gasteiger partial charge in [-0.25, -0.2) is 0 Å². The highest BCUT2D eigenvalue weighted by atomic mass is 14.8. The first-order valence-electron chi connectivity index (χ1n) is 3.48. The van der Waals surface area contributed by atoms with E-state index in [2.05, 4.69) is 9.98 Å². The molecular formula is C7H10N2. The van der Waals surface area contributed by atoms with Crippen LogP contribution in [0, 0.1) is 5.92 Å². The lowest BCUT2D eigenvalue weighted by molar-refractivity contribution is 0.680. The molecule has 0 aliphatic carbocycles. The van der Waals surface area contributed by atoms with Gasteiger partial charge in [0.2, 0.25) is 0 Å². The summed E-state index contributed by atoms with van der Waals surface area (Å²) in [4.78, 5) is 8.60. The monoisotopic (exact) mass is 122 g/mol. The molecule has 0 radical (unpaired) electrons.